The molecule has 0 aliphatic carbocycles. The summed E-state index contributed by atoms with van der Waals surface area (Å²) in [6, 6.07) is 6.67. The van der Waals surface area contributed by atoms with Crippen LogP contribution in [0.5, 0.6) is 0 Å². The molecule has 0 aliphatic heterocycles. The van der Waals surface area contributed by atoms with Gasteiger partial charge in [-0.05, 0) is 39.5 Å². The summed E-state index contributed by atoms with van der Waals surface area (Å²) in [5, 5.41) is 11.2. The number of hydrogen-bond acceptors (Lipinski definition) is 2. The number of benzene rings is 1. The number of rotatable bonds is 2. The number of thiophene rings is 1. The summed E-state index contributed by atoms with van der Waals surface area (Å²) in [6.45, 7) is 0. The zero-order valence-electron chi connectivity index (χ0n) is 7.91. The predicted octanol–water partition coefficient (Wildman–Crippen LogP) is 4.53. The molecular weight excluding hydrogens is 312 g/mol. The van der Waals surface area contributed by atoms with Crippen LogP contribution in [0.1, 0.15) is 10.4 Å². The van der Waals surface area contributed by atoms with Crippen molar-refractivity contribution in [3.63, 3.8) is 0 Å². The van der Waals surface area contributed by atoms with Gasteiger partial charge >= 0.3 is 5.97 Å². The summed E-state index contributed by atoms with van der Waals surface area (Å²) in [4.78, 5) is 11.8. The summed E-state index contributed by atoms with van der Waals surface area (Å²) in [5.41, 5.74) is 1.04. The molecule has 0 unspecified atom stereocenters. The van der Waals surface area contributed by atoms with Gasteiger partial charge in [-0.3, -0.25) is 0 Å². The van der Waals surface area contributed by atoms with Crippen molar-refractivity contribution in [1.29, 1.82) is 0 Å². The van der Waals surface area contributed by atoms with Gasteiger partial charge in [-0.25, -0.2) is 4.79 Å². The van der Waals surface area contributed by atoms with E-state index in [2.05, 4.69) is 15.9 Å². The van der Waals surface area contributed by atoms with Crippen LogP contribution in [-0.2, 0) is 0 Å². The van der Waals surface area contributed by atoms with Crippen LogP contribution in [0.3, 0.4) is 0 Å². The molecule has 0 bridgehead atoms. The normalized spacial score (nSPS) is 10.4. The Labute approximate surface area is 110 Å². The zero-order chi connectivity index (χ0) is 11.7. The van der Waals surface area contributed by atoms with Crippen molar-refractivity contribution in [2.45, 2.75) is 0 Å². The highest BCUT2D eigenvalue weighted by atomic mass is 79.9. The maximum Gasteiger partial charge on any atom is 0.335 e. The quantitative estimate of drug-likeness (QED) is 0.883. The van der Waals surface area contributed by atoms with Crippen LogP contribution in [0.2, 0.25) is 5.02 Å². The lowest BCUT2D eigenvalue weighted by molar-refractivity contribution is 0.0697. The topological polar surface area (TPSA) is 37.3 Å². The average Bonchev–Trinajstić information content (AvgIpc) is 2.64. The van der Waals surface area contributed by atoms with Gasteiger partial charge in [0.25, 0.3) is 0 Å². The number of halogens is 2. The van der Waals surface area contributed by atoms with Gasteiger partial charge in [0.2, 0.25) is 0 Å². The van der Waals surface area contributed by atoms with E-state index in [1.54, 1.807) is 23.5 Å². The monoisotopic (exact) mass is 316 g/mol. The van der Waals surface area contributed by atoms with E-state index in [9.17, 15) is 4.79 Å². The Bertz CT molecular complexity index is 551. The first-order chi connectivity index (χ1) is 7.59. The fourth-order valence-corrected chi connectivity index (χ4v) is 3.28. The van der Waals surface area contributed by atoms with Crippen molar-refractivity contribution >= 4 is 44.8 Å². The van der Waals surface area contributed by atoms with E-state index >= 15 is 0 Å². The van der Waals surface area contributed by atoms with Crippen molar-refractivity contribution in [3.8, 4) is 10.4 Å². The highest BCUT2D eigenvalue weighted by molar-refractivity contribution is 9.10. The van der Waals surface area contributed by atoms with Gasteiger partial charge in [0, 0.05) is 14.9 Å². The third-order valence-corrected chi connectivity index (χ3v) is 4.26. The number of carbonyl (C=O) groups is 1. The molecular formula is C11H6BrClO2S. The molecule has 82 valence electrons. The van der Waals surface area contributed by atoms with Crippen molar-refractivity contribution in [3.05, 3.63) is 44.7 Å². The van der Waals surface area contributed by atoms with Gasteiger partial charge in [0.05, 0.1) is 10.6 Å². The van der Waals surface area contributed by atoms with E-state index in [1.165, 1.54) is 6.07 Å². The molecule has 1 heterocycles. The predicted molar refractivity (Wildman–Crippen MR) is 69.4 cm³/mol. The Kier molecular flexibility index (Phi) is 3.33. The second-order valence-electron chi connectivity index (χ2n) is 3.10. The van der Waals surface area contributed by atoms with Crippen LogP contribution in [0, 0.1) is 0 Å². The third kappa shape index (κ3) is 2.14. The molecule has 0 fully saturated rings. The average molecular weight is 318 g/mol. The van der Waals surface area contributed by atoms with Crippen molar-refractivity contribution in [2.75, 3.05) is 0 Å². The maximum atomic E-state index is 10.8. The van der Waals surface area contributed by atoms with Crippen molar-refractivity contribution in [1.82, 2.24) is 0 Å². The molecule has 0 aliphatic rings. The number of aromatic carboxylic acids is 1. The molecule has 0 saturated heterocycles. The van der Waals surface area contributed by atoms with Gasteiger partial charge in [-0.2, -0.15) is 0 Å². The molecule has 2 nitrogen and oxygen atoms in total. The summed E-state index contributed by atoms with van der Waals surface area (Å²) < 4.78 is 0.961. The summed E-state index contributed by atoms with van der Waals surface area (Å²) in [5.74, 6) is -0.973. The molecule has 1 N–H and O–H groups in total. The van der Waals surface area contributed by atoms with Crippen LogP contribution in [0.25, 0.3) is 10.4 Å². The Morgan fingerprint density at radius 2 is 2.12 bits per heavy atom. The number of hydrogen-bond donors (Lipinski definition) is 1. The maximum absolute atomic E-state index is 10.8. The molecule has 1 aromatic carbocycles. The number of carboxylic acids is 1. The number of carboxylic acid groups (broad SMARTS) is 1. The van der Waals surface area contributed by atoms with Crippen molar-refractivity contribution < 1.29 is 9.90 Å². The first kappa shape index (κ1) is 11.6. The molecule has 0 saturated carbocycles. The minimum absolute atomic E-state index is 0.196. The molecule has 0 amide bonds. The lowest BCUT2D eigenvalue weighted by atomic mass is 10.1. The Morgan fingerprint density at radius 3 is 2.62 bits per heavy atom. The molecule has 0 atom stereocenters. The molecule has 1 aromatic heterocycles. The molecule has 2 aromatic rings. The van der Waals surface area contributed by atoms with Gasteiger partial charge in [-0.15, -0.1) is 11.3 Å². The Morgan fingerprint density at radius 1 is 1.38 bits per heavy atom. The first-order valence-corrected chi connectivity index (χ1v) is 6.41. The van der Waals surface area contributed by atoms with Crippen molar-refractivity contribution in [2.24, 2.45) is 0 Å². The fraction of sp³-hybridized carbons (Fsp3) is 0. The van der Waals surface area contributed by atoms with E-state index in [1.807, 2.05) is 11.4 Å². The Balaban J connectivity index is 2.52. The van der Waals surface area contributed by atoms with E-state index in [0.29, 0.717) is 5.02 Å². The van der Waals surface area contributed by atoms with Gasteiger partial charge < -0.3 is 5.11 Å². The van der Waals surface area contributed by atoms with Crippen LogP contribution in [-0.4, -0.2) is 11.1 Å². The van der Waals surface area contributed by atoms with E-state index in [-0.39, 0.29) is 5.56 Å². The van der Waals surface area contributed by atoms with Gasteiger partial charge in [0.15, 0.2) is 0 Å². The lowest BCUT2D eigenvalue weighted by Gasteiger charge is -2.03. The van der Waals surface area contributed by atoms with E-state index in [0.717, 1.165) is 14.9 Å². The highest BCUT2D eigenvalue weighted by Gasteiger charge is 2.11. The Hall–Kier alpha value is -0.840. The van der Waals surface area contributed by atoms with Crippen LogP contribution >= 0.6 is 38.9 Å². The van der Waals surface area contributed by atoms with Gasteiger partial charge in [-0.1, -0.05) is 17.7 Å². The van der Waals surface area contributed by atoms with Crippen LogP contribution in [0.15, 0.2) is 34.1 Å². The fourth-order valence-electron chi connectivity index (χ4n) is 1.32. The SMILES string of the molecule is O=C(O)c1ccc(-c2sccc2Br)c(Cl)c1. The summed E-state index contributed by atoms with van der Waals surface area (Å²) >= 11 is 11.0. The minimum Gasteiger partial charge on any atom is -0.478 e. The van der Waals surface area contributed by atoms with Crippen LogP contribution in [0.4, 0.5) is 0 Å². The molecule has 0 radical (unpaired) electrons. The zero-order valence-corrected chi connectivity index (χ0v) is 11.1. The second-order valence-corrected chi connectivity index (χ2v) is 5.28. The molecule has 0 spiro atoms. The summed E-state index contributed by atoms with van der Waals surface area (Å²) in [6.07, 6.45) is 0. The standard InChI is InChI=1S/C11H6BrClO2S/c12-8-3-4-16-10(8)7-2-1-6(11(14)15)5-9(7)13/h1-5H,(H,14,15). The van der Waals surface area contributed by atoms with Crippen LogP contribution < -0.4 is 0 Å². The molecule has 5 heteroatoms. The third-order valence-electron chi connectivity index (χ3n) is 2.08. The largest absolute Gasteiger partial charge is 0.478 e. The first-order valence-electron chi connectivity index (χ1n) is 4.36. The second kappa shape index (κ2) is 4.57. The lowest BCUT2D eigenvalue weighted by Crippen LogP contribution is -1.95. The van der Waals surface area contributed by atoms with Gasteiger partial charge in [0.1, 0.15) is 0 Å². The van der Waals surface area contributed by atoms with E-state index in [4.69, 9.17) is 16.7 Å². The highest BCUT2D eigenvalue weighted by Crippen LogP contribution is 2.37. The smallest absolute Gasteiger partial charge is 0.335 e. The molecule has 2 rings (SSSR count). The minimum atomic E-state index is -0.973. The molecule has 16 heavy (non-hydrogen) atoms. The van der Waals surface area contributed by atoms with E-state index < -0.39 is 5.97 Å². The summed E-state index contributed by atoms with van der Waals surface area (Å²) in [7, 11) is 0.